The van der Waals surface area contributed by atoms with Crippen LogP contribution in [0.25, 0.3) is 0 Å². The van der Waals surface area contributed by atoms with Crippen molar-refractivity contribution in [1.82, 2.24) is 14.5 Å². The molecule has 1 saturated heterocycles. The van der Waals surface area contributed by atoms with Gasteiger partial charge in [0.1, 0.15) is 11.9 Å². The van der Waals surface area contributed by atoms with Crippen molar-refractivity contribution in [1.29, 1.82) is 0 Å². The van der Waals surface area contributed by atoms with Gasteiger partial charge in [-0.3, -0.25) is 9.69 Å². The highest BCUT2D eigenvalue weighted by Gasteiger charge is 2.37. The van der Waals surface area contributed by atoms with Gasteiger partial charge in [0.15, 0.2) is 0 Å². The number of likely N-dealkylation sites (tertiary alicyclic amines) is 1. The summed E-state index contributed by atoms with van der Waals surface area (Å²) in [5, 5.41) is 9.74. The third-order valence-corrected chi connectivity index (χ3v) is 3.50. The topological polar surface area (TPSA) is 67.6 Å². The van der Waals surface area contributed by atoms with Crippen LogP contribution in [0.15, 0.2) is 12.4 Å². The lowest BCUT2D eigenvalue weighted by Gasteiger charge is -2.22. The molecule has 0 aromatic carbocycles. The van der Waals surface area contributed by atoms with Crippen LogP contribution in [0.3, 0.4) is 0 Å². The lowest BCUT2D eigenvalue weighted by atomic mass is 10.2. The molecule has 2 heterocycles. The number of imidazole rings is 1. The van der Waals surface area contributed by atoms with E-state index < -0.39 is 6.10 Å². The van der Waals surface area contributed by atoms with Crippen LogP contribution < -0.4 is 0 Å². The van der Waals surface area contributed by atoms with Crippen LogP contribution >= 0.6 is 0 Å². The van der Waals surface area contributed by atoms with Crippen molar-refractivity contribution in [3.05, 3.63) is 18.2 Å². The molecular formula is C13H21N3O3. The van der Waals surface area contributed by atoms with Crippen molar-refractivity contribution in [2.45, 2.75) is 45.0 Å². The first-order valence-electron chi connectivity index (χ1n) is 6.54. The highest BCUT2D eigenvalue weighted by Crippen LogP contribution is 2.22. The lowest BCUT2D eigenvalue weighted by Crippen LogP contribution is -2.37. The summed E-state index contributed by atoms with van der Waals surface area (Å²) in [6.45, 7) is 5.19. The summed E-state index contributed by atoms with van der Waals surface area (Å²) in [5.74, 6) is 0.609. The molecule has 0 amide bonds. The molecule has 0 saturated carbocycles. The van der Waals surface area contributed by atoms with Gasteiger partial charge >= 0.3 is 5.97 Å². The fourth-order valence-electron chi connectivity index (χ4n) is 2.55. The summed E-state index contributed by atoms with van der Waals surface area (Å²) >= 11 is 0. The van der Waals surface area contributed by atoms with Crippen LogP contribution in [0.4, 0.5) is 0 Å². The number of hydrogen-bond donors (Lipinski definition) is 1. The smallest absolute Gasteiger partial charge is 0.323 e. The Labute approximate surface area is 113 Å². The zero-order chi connectivity index (χ0) is 14.0. The molecule has 0 aliphatic carbocycles. The fourth-order valence-corrected chi connectivity index (χ4v) is 2.55. The summed E-state index contributed by atoms with van der Waals surface area (Å²) in [5.41, 5.74) is 0. The number of rotatable bonds is 4. The Morgan fingerprint density at radius 1 is 1.63 bits per heavy atom. The molecule has 2 atom stereocenters. The van der Waals surface area contributed by atoms with Gasteiger partial charge in [0.05, 0.1) is 19.8 Å². The molecule has 0 spiro atoms. The van der Waals surface area contributed by atoms with Gasteiger partial charge in [0.25, 0.3) is 0 Å². The number of hydrogen-bond acceptors (Lipinski definition) is 5. The Balaban J connectivity index is 2.12. The van der Waals surface area contributed by atoms with Crippen LogP contribution in [0.5, 0.6) is 0 Å². The highest BCUT2D eigenvalue weighted by molar-refractivity contribution is 5.76. The molecule has 2 unspecified atom stereocenters. The Morgan fingerprint density at radius 2 is 2.37 bits per heavy atom. The summed E-state index contributed by atoms with van der Waals surface area (Å²) in [7, 11) is 1.38. The molecule has 19 heavy (non-hydrogen) atoms. The van der Waals surface area contributed by atoms with Crippen molar-refractivity contribution in [2.75, 3.05) is 13.7 Å². The molecule has 1 aromatic rings. The predicted octanol–water partition coefficient (Wildman–Crippen LogP) is 0.572. The van der Waals surface area contributed by atoms with E-state index in [9.17, 15) is 9.90 Å². The Kier molecular flexibility index (Phi) is 4.21. The van der Waals surface area contributed by atoms with E-state index in [4.69, 9.17) is 4.74 Å². The van der Waals surface area contributed by atoms with Gasteiger partial charge in [-0.1, -0.05) is 0 Å². The number of carbonyl (C=O) groups excluding carboxylic acids is 1. The van der Waals surface area contributed by atoms with Crippen molar-refractivity contribution in [2.24, 2.45) is 0 Å². The summed E-state index contributed by atoms with van der Waals surface area (Å²) < 4.78 is 6.86. The number of aromatic nitrogens is 2. The van der Waals surface area contributed by atoms with Crippen LogP contribution in [0.2, 0.25) is 0 Å². The van der Waals surface area contributed by atoms with Crippen LogP contribution in [-0.2, 0) is 16.1 Å². The standard InChI is InChI=1S/C13H21N3O3/c1-9(2)16-5-4-14-12(16)8-15-7-10(17)6-11(15)13(18)19-3/h4-5,9-11,17H,6-8H2,1-3H3. The van der Waals surface area contributed by atoms with E-state index in [2.05, 4.69) is 23.4 Å². The van der Waals surface area contributed by atoms with E-state index in [1.807, 2.05) is 11.1 Å². The van der Waals surface area contributed by atoms with Crippen molar-refractivity contribution >= 4 is 5.97 Å². The first-order valence-corrected chi connectivity index (χ1v) is 6.54. The molecule has 0 radical (unpaired) electrons. The highest BCUT2D eigenvalue weighted by atomic mass is 16.5. The molecule has 1 aliphatic heterocycles. The minimum absolute atomic E-state index is 0.292. The maximum Gasteiger partial charge on any atom is 0.323 e. The van der Waals surface area contributed by atoms with E-state index >= 15 is 0 Å². The normalized spacial score (nSPS) is 24.1. The summed E-state index contributed by atoms with van der Waals surface area (Å²) in [6.07, 6.45) is 3.63. The number of β-amino-alcohol motifs (C(OH)–C–C–N with tert-alkyl or cyclic N) is 1. The first kappa shape index (κ1) is 14.0. The molecule has 1 aliphatic rings. The number of aliphatic hydroxyl groups is 1. The molecule has 2 rings (SSSR count). The van der Waals surface area contributed by atoms with Crippen LogP contribution in [-0.4, -0.2) is 51.3 Å². The van der Waals surface area contributed by atoms with Crippen molar-refractivity contribution in [3.63, 3.8) is 0 Å². The Bertz CT molecular complexity index is 444. The molecule has 1 N–H and O–H groups in total. The third-order valence-electron chi connectivity index (χ3n) is 3.50. The van der Waals surface area contributed by atoms with Crippen molar-refractivity contribution in [3.8, 4) is 0 Å². The van der Waals surface area contributed by atoms with E-state index in [1.165, 1.54) is 7.11 Å². The lowest BCUT2D eigenvalue weighted by molar-refractivity contribution is -0.146. The average molecular weight is 267 g/mol. The van der Waals surface area contributed by atoms with Gasteiger partial charge in [-0.25, -0.2) is 4.98 Å². The van der Waals surface area contributed by atoms with Crippen LogP contribution in [0.1, 0.15) is 32.1 Å². The summed E-state index contributed by atoms with van der Waals surface area (Å²) in [6, 6.07) is -0.0566. The van der Waals surface area contributed by atoms with Gasteiger partial charge in [-0.15, -0.1) is 0 Å². The number of carbonyl (C=O) groups is 1. The largest absolute Gasteiger partial charge is 0.468 e. The second kappa shape index (κ2) is 5.71. The minimum atomic E-state index is -0.480. The van der Waals surface area contributed by atoms with E-state index in [-0.39, 0.29) is 12.0 Å². The Morgan fingerprint density at radius 3 is 3.00 bits per heavy atom. The van der Waals surface area contributed by atoms with Gasteiger partial charge in [0.2, 0.25) is 0 Å². The summed E-state index contributed by atoms with van der Waals surface area (Å²) in [4.78, 5) is 18.0. The Hall–Kier alpha value is -1.40. The first-order chi connectivity index (χ1) is 9.02. The molecule has 6 heteroatoms. The maximum atomic E-state index is 11.7. The molecule has 6 nitrogen and oxygen atoms in total. The molecule has 0 bridgehead atoms. The van der Waals surface area contributed by atoms with E-state index in [0.717, 1.165) is 5.82 Å². The number of aliphatic hydroxyl groups excluding tert-OH is 1. The second-order valence-electron chi connectivity index (χ2n) is 5.20. The molecular weight excluding hydrogens is 246 g/mol. The van der Waals surface area contributed by atoms with Gasteiger partial charge in [-0.2, -0.15) is 0 Å². The quantitative estimate of drug-likeness (QED) is 0.808. The SMILES string of the molecule is COC(=O)C1CC(O)CN1Cc1nccn1C(C)C. The van der Waals surface area contributed by atoms with E-state index in [1.54, 1.807) is 6.20 Å². The average Bonchev–Trinajstić information content (AvgIpc) is 2.95. The zero-order valence-electron chi connectivity index (χ0n) is 11.6. The second-order valence-corrected chi connectivity index (χ2v) is 5.20. The maximum absolute atomic E-state index is 11.7. The minimum Gasteiger partial charge on any atom is -0.468 e. The monoisotopic (exact) mass is 267 g/mol. The number of nitrogens with zero attached hydrogens (tertiary/aromatic N) is 3. The zero-order valence-corrected chi connectivity index (χ0v) is 11.6. The molecule has 1 fully saturated rings. The van der Waals surface area contributed by atoms with Gasteiger partial charge in [-0.05, 0) is 13.8 Å². The van der Waals surface area contributed by atoms with Gasteiger partial charge in [0, 0.05) is 31.4 Å². The predicted molar refractivity (Wildman–Crippen MR) is 69.4 cm³/mol. The fraction of sp³-hybridized carbons (Fsp3) is 0.692. The number of ether oxygens (including phenoxy) is 1. The molecule has 106 valence electrons. The van der Waals surface area contributed by atoms with Gasteiger partial charge < -0.3 is 14.4 Å². The number of esters is 1. The van der Waals surface area contributed by atoms with Crippen molar-refractivity contribution < 1.29 is 14.6 Å². The molecule has 1 aromatic heterocycles. The van der Waals surface area contributed by atoms with Crippen LogP contribution in [0, 0.1) is 0 Å². The number of methoxy groups -OCH3 is 1. The third kappa shape index (κ3) is 2.96. The van der Waals surface area contributed by atoms with E-state index in [0.29, 0.717) is 25.6 Å².